The van der Waals surface area contributed by atoms with Crippen molar-refractivity contribution in [1.82, 2.24) is 19.7 Å². The van der Waals surface area contributed by atoms with Crippen molar-refractivity contribution >= 4 is 21.4 Å². The number of ether oxygens (including phenoxy) is 2. The fourth-order valence-corrected chi connectivity index (χ4v) is 4.79. The molecule has 1 atom stereocenters. The van der Waals surface area contributed by atoms with Crippen LogP contribution in [0.15, 0.2) is 41.7 Å². The summed E-state index contributed by atoms with van der Waals surface area (Å²) in [7, 11) is -2.40. The van der Waals surface area contributed by atoms with Crippen LogP contribution in [0.4, 0.5) is 0 Å². The number of pyridine rings is 2. The van der Waals surface area contributed by atoms with Gasteiger partial charge in [-0.2, -0.15) is 5.10 Å². The van der Waals surface area contributed by atoms with Gasteiger partial charge in [-0.05, 0) is 30.7 Å². The summed E-state index contributed by atoms with van der Waals surface area (Å²) in [6.07, 6.45) is 4.54. The Bertz CT molecular complexity index is 1150. The van der Waals surface area contributed by atoms with Crippen LogP contribution >= 0.6 is 11.6 Å². The minimum Gasteiger partial charge on any atom is -0.480 e. The third-order valence-electron chi connectivity index (χ3n) is 4.40. The molecule has 0 fully saturated rings. The molecule has 0 radical (unpaired) electrons. The molecule has 4 heterocycles. The maximum atomic E-state index is 13.0. The molecule has 10 heteroatoms. The highest BCUT2D eigenvalue weighted by Crippen LogP contribution is 2.35. The number of aromatic nitrogens is 4. The lowest BCUT2D eigenvalue weighted by atomic mass is 10.1. The molecule has 8 nitrogen and oxygen atoms in total. The average Bonchev–Trinajstić information content (AvgIpc) is 3.11. The fraction of sp³-hybridized carbons (Fsp3) is 0.278. The third kappa shape index (κ3) is 3.31. The lowest BCUT2D eigenvalue weighted by Crippen LogP contribution is -2.13. The third-order valence-corrected chi connectivity index (χ3v) is 6.29. The van der Waals surface area contributed by atoms with Crippen molar-refractivity contribution in [2.45, 2.75) is 23.6 Å². The van der Waals surface area contributed by atoms with E-state index in [4.69, 9.17) is 21.1 Å². The Morgan fingerprint density at radius 1 is 1.32 bits per heavy atom. The predicted molar refractivity (Wildman–Crippen MR) is 102 cm³/mol. The molecule has 0 aliphatic carbocycles. The van der Waals surface area contributed by atoms with Crippen molar-refractivity contribution in [2.75, 3.05) is 13.7 Å². The lowest BCUT2D eigenvalue weighted by molar-refractivity contribution is 0.252. The highest BCUT2D eigenvalue weighted by atomic mass is 35.5. The van der Waals surface area contributed by atoms with E-state index >= 15 is 0 Å². The standard InChI is InChI=1S/C18H17ClN4O4S/c1-11-9-27-17-14(15-3-4-22-23(11)15)5-12(7-20-17)10-28(24,25)16-6-13(19)8-21-18(16)26-2/h3-8,11H,9-10H2,1-2H3/t11-/m0/s1. The molecule has 1 aliphatic heterocycles. The molecule has 3 aromatic heterocycles. The number of fused-ring (bicyclic) bond motifs is 3. The van der Waals surface area contributed by atoms with Crippen molar-refractivity contribution in [3.63, 3.8) is 0 Å². The molecular weight excluding hydrogens is 404 g/mol. The van der Waals surface area contributed by atoms with E-state index < -0.39 is 9.84 Å². The van der Waals surface area contributed by atoms with Gasteiger partial charge < -0.3 is 9.47 Å². The van der Waals surface area contributed by atoms with Crippen LogP contribution < -0.4 is 9.47 Å². The Kier molecular flexibility index (Phi) is 4.72. The Morgan fingerprint density at radius 2 is 2.14 bits per heavy atom. The second-order valence-electron chi connectivity index (χ2n) is 6.44. The van der Waals surface area contributed by atoms with Crippen molar-refractivity contribution in [2.24, 2.45) is 0 Å². The number of methoxy groups -OCH3 is 1. The van der Waals surface area contributed by atoms with Crippen molar-refractivity contribution in [3.05, 3.63) is 47.4 Å². The summed E-state index contributed by atoms with van der Waals surface area (Å²) in [6, 6.07) is 4.98. The minimum atomic E-state index is -3.76. The number of nitrogens with zero attached hydrogens (tertiary/aromatic N) is 4. The first-order chi connectivity index (χ1) is 13.4. The summed E-state index contributed by atoms with van der Waals surface area (Å²) >= 11 is 5.93. The van der Waals surface area contributed by atoms with Gasteiger partial charge in [-0.25, -0.2) is 18.4 Å². The van der Waals surface area contributed by atoms with Crippen LogP contribution in [0.5, 0.6) is 11.8 Å². The summed E-state index contributed by atoms with van der Waals surface area (Å²) in [6.45, 7) is 2.42. The van der Waals surface area contributed by atoms with E-state index in [0.717, 1.165) is 5.69 Å². The molecule has 1 aliphatic rings. The molecule has 0 aromatic carbocycles. The number of halogens is 1. The Hall–Kier alpha value is -2.65. The van der Waals surface area contributed by atoms with Crippen LogP contribution in [0.3, 0.4) is 0 Å². The van der Waals surface area contributed by atoms with Crippen molar-refractivity contribution in [3.8, 4) is 23.0 Å². The predicted octanol–water partition coefficient (Wildman–Crippen LogP) is 2.93. The molecule has 3 aromatic rings. The average molecular weight is 421 g/mol. The largest absolute Gasteiger partial charge is 0.480 e. The molecule has 0 unspecified atom stereocenters. The second-order valence-corrected chi connectivity index (χ2v) is 8.83. The topological polar surface area (TPSA) is 96.2 Å². The van der Waals surface area contributed by atoms with Crippen LogP contribution in [0.25, 0.3) is 11.3 Å². The van der Waals surface area contributed by atoms with Gasteiger partial charge >= 0.3 is 0 Å². The molecule has 0 N–H and O–H groups in total. The fourth-order valence-electron chi connectivity index (χ4n) is 3.10. The number of rotatable bonds is 4. The van der Waals surface area contributed by atoms with E-state index in [9.17, 15) is 8.42 Å². The number of hydrogen-bond acceptors (Lipinski definition) is 7. The first-order valence-corrected chi connectivity index (χ1v) is 10.5. The second kappa shape index (κ2) is 7.06. The van der Waals surface area contributed by atoms with Crippen LogP contribution in [-0.4, -0.2) is 41.9 Å². The van der Waals surface area contributed by atoms with E-state index in [1.54, 1.807) is 12.3 Å². The van der Waals surface area contributed by atoms with Gasteiger partial charge in [0.05, 0.1) is 35.2 Å². The minimum absolute atomic E-state index is 0.00218. The van der Waals surface area contributed by atoms with Gasteiger partial charge in [0, 0.05) is 18.6 Å². The summed E-state index contributed by atoms with van der Waals surface area (Å²) in [4.78, 5) is 8.20. The SMILES string of the molecule is COc1ncc(Cl)cc1S(=O)(=O)Cc1cnc2c(c1)-c1ccnn1[C@@H](C)CO2. The molecule has 4 rings (SSSR count). The summed E-state index contributed by atoms with van der Waals surface area (Å²) in [5.41, 5.74) is 2.03. The Balaban J connectivity index is 1.74. The van der Waals surface area contributed by atoms with E-state index in [2.05, 4.69) is 15.1 Å². The Morgan fingerprint density at radius 3 is 2.93 bits per heavy atom. The van der Waals surface area contributed by atoms with Gasteiger partial charge in [0.2, 0.25) is 11.8 Å². The number of sulfone groups is 1. The molecule has 146 valence electrons. The van der Waals surface area contributed by atoms with Gasteiger partial charge in [-0.1, -0.05) is 11.6 Å². The van der Waals surface area contributed by atoms with Crippen molar-refractivity contribution < 1.29 is 17.9 Å². The zero-order valence-corrected chi connectivity index (χ0v) is 16.7. The highest BCUT2D eigenvalue weighted by Gasteiger charge is 2.25. The molecule has 0 saturated carbocycles. The zero-order valence-electron chi connectivity index (χ0n) is 15.2. The maximum absolute atomic E-state index is 13.0. The van der Waals surface area contributed by atoms with Gasteiger partial charge in [0.1, 0.15) is 11.5 Å². The highest BCUT2D eigenvalue weighted by molar-refractivity contribution is 7.90. The maximum Gasteiger partial charge on any atom is 0.232 e. The van der Waals surface area contributed by atoms with E-state index in [1.807, 2.05) is 17.7 Å². The van der Waals surface area contributed by atoms with E-state index in [-0.39, 0.29) is 27.6 Å². The first-order valence-electron chi connectivity index (χ1n) is 8.47. The van der Waals surface area contributed by atoms with E-state index in [0.29, 0.717) is 23.6 Å². The summed E-state index contributed by atoms with van der Waals surface area (Å²) in [5.74, 6) is 0.173. The van der Waals surface area contributed by atoms with Gasteiger partial charge in [0.25, 0.3) is 0 Å². The molecule has 0 spiro atoms. The molecule has 28 heavy (non-hydrogen) atoms. The molecule has 0 bridgehead atoms. The lowest BCUT2D eigenvalue weighted by Gasteiger charge is -2.11. The smallest absolute Gasteiger partial charge is 0.232 e. The Labute approximate surface area is 167 Å². The molecule has 0 amide bonds. The van der Waals surface area contributed by atoms with Crippen LogP contribution in [0.2, 0.25) is 5.02 Å². The van der Waals surface area contributed by atoms with Crippen LogP contribution in [-0.2, 0) is 15.6 Å². The van der Waals surface area contributed by atoms with Crippen molar-refractivity contribution in [1.29, 1.82) is 0 Å². The molecular formula is C18H17ClN4O4S. The van der Waals surface area contributed by atoms with Crippen LogP contribution in [0, 0.1) is 0 Å². The summed E-state index contributed by atoms with van der Waals surface area (Å²) < 4.78 is 38.6. The quantitative estimate of drug-likeness (QED) is 0.640. The van der Waals surface area contributed by atoms with E-state index in [1.165, 1.54) is 25.6 Å². The van der Waals surface area contributed by atoms with Crippen LogP contribution in [0.1, 0.15) is 18.5 Å². The zero-order chi connectivity index (χ0) is 19.9. The normalized spacial score (nSPS) is 15.9. The van der Waals surface area contributed by atoms with Gasteiger partial charge in [-0.3, -0.25) is 4.68 Å². The first kappa shape index (κ1) is 18.7. The molecule has 0 saturated heterocycles. The van der Waals surface area contributed by atoms with Gasteiger partial charge in [-0.15, -0.1) is 0 Å². The summed E-state index contributed by atoms with van der Waals surface area (Å²) in [5, 5.41) is 4.55. The monoisotopic (exact) mass is 420 g/mol. The van der Waals surface area contributed by atoms with Gasteiger partial charge in [0.15, 0.2) is 9.84 Å². The number of hydrogen-bond donors (Lipinski definition) is 0.